The first kappa shape index (κ1) is 15.1. The minimum absolute atomic E-state index is 0.813. The van der Waals surface area contributed by atoms with Crippen LogP contribution in [0.2, 0.25) is 0 Å². The van der Waals surface area contributed by atoms with Crippen LogP contribution in [-0.4, -0.2) is 20.6 Å². The van der Waals surface area contributed by atoms with Crippen molar-refractivity contribution >= 4 is 17.5 Å². The van der Waals surface area contributed by atoms with E-state index in [-0.39, 0.29) is 0 Å². The smallest absolute Gasteiger partial charge is 0.235 e. The number of hydrogen-bond acceptors (Lipinski definition) is 3. The van der Waals surface area contributed by atoms with Crippen LogP contribution in [0.15, 0.2) is 41.6 Å². The summed E-state index contributed by atoms with van der Waals surface area (Å²) >= 11 is 1.71. The number of fused-ring (bicyclic) bond motifs is 1. The zero-order chi connectivity index (χ0) is 15.5. The lowest BCUT2D eigenvalue weighted by atomic mass is 10.1. The largest absolute Gasteiger partial charge is 0.288 e. The van der Waals surface area contributed by atoms with Crippen molar-refractivity contribution in [2.75, 3.05) is 6.26 Å². The van der Waals surface area contributed by atoms with E-state index in [4.69, 9.17) is 9.97 Å². The second kappa shape index (κ2) is 6.53. The summed E-state index contributed by atoms with van der Waals surface area (Å²) in [6.45, 7) is 4.38. The van der Waals surface area contributed by atoms with Gasteiger partial charge in [-0.15, -0.1) is 11.8 Å². The summed E-state index contributed by atoms with van der Waals surface area (Å²) in [5, 5.41) is 1.11. The number of thioether (sulfide) groups is 1. The molecule has 1 aromatic carbocycles. The highest BCUT2D eigenvalue weighted by atomic mass is 32.2. The summed E-state index contributed by atoms with van der Waals surface area (Å²) in [6, 6.07) is 10.5. The second-order valence-corrected chi connectivity index (χ2v) is 6.29. The Hall–Kier alpha value is -1.81. The molecule has 0 aliphatic heterocycles. The molecule has 22 heavy (non-hydrogen) atoms. The standard InChI is InChI=1S/C18H21N3S/c1-4-8-16-13(2)21-12-15(11-14-9-6-5-7-10-14)19-18(21)20-17(16)22-3/h5-7,9-10,12H,4,8,11H2,1-3H3. The molecular formula is C18H21N3S. The Morgan fingerprint density at radius 3 is 2.59 bits per heavy atom. The molecule has 3 aromatic rings. The molecule has 114 valence electrons. The van der Waals surface area contributed by atoms with E-state index in [0.29, 0.717) is 0 Å². The SMILES string of the molecule is CCCc1c(SC)nc2nc(Cc3ccccc3)cn2c1C. The summed E-state index contributed by atoms with van der Waals surface area (Å²) in [7, 11) is 0. The first-order valence-corrected chi connectivity index (χ1v) is 8.90. The minimum Gasteiger partial charge on any atom is -0.288 e. The molecule has 4 heteroatoms. The summed E-state index contributed by atoms with van der Waals surface area (Å²) < 4.78 is 2.14. The Balaban J connectivity index is 2.04. The third-order valence-electron chi connectivity index (χ3n) is 3.92. The topological polar surface area (TPSA) is 30.2 Å². The first-order chi connectivity index (χ1) is 10.7. The van der Waals surface area contributed by atoms with Crippen LogP contribution < -0.4 is 0 Å². The Morgan fingerprint density at radius 2 is 1.91 bits per heavy atom. The number of rotatable bonds is 5. The van der Waals surface area contributed by atoms with Crippen LogP contribution in [0.1, 0.15) is 35.9 Å². The highest BCUT2D eigenvalue weighted by Gasteiger charge is 2.13. The molecule has 0 N–H and O–H groups in total. The number of nitrogens with zero attached hydrogens (tertiary/aromatic N) is 3. The normalized spacial score (nSPS) is 11.2. The van der Waals surface area contributed by atoms with Crippen molar-refractivity contribution in [3.8, 4) is 0 Å². The van der Waals surface area contributed by atoms with Gasteiger partial charge in [0.15, 0.2) is 0 Å². The highest BCUT2D eigenvalue weighted by molar-refractivity contribution is 7.98. The lowest BCUT2D eigenvalue weighted by molar-refractivity contribution is 0.831. The Labute approximate surface area is 135 Å². The van der Waals surface area contributed by atoms with Gasteiger partial charge in [-0.1, -0.05) is 43.7 Å². The van der Waals surface area contributed by atoms with Crippen LogP contribution in [0, 0.1) is 6.92 Å². The van der Waals surface area contributed by atoms with E-state index in [0.717, 1.165) is 35.8 Å². The van der Waals surface area contributed by atoms with Crippen LogP contribution in [0.25, 0.3) is 5.78 Å². The van der Waals surface area contributed by atoms with Gasteiger partial charge in [0.05, 0.1) is 5.69 Å². The fraction of sp³-hybridized carbons (Fsp3) is 0.333. The predicted octanol–water partition coefficient (Wildman–Crippen LogP) is 4.30. The van der Waals surface area contributed by atoms with E-state index in [1.165, 1.54) is 16.8 Å². The summed E-state index contributed by atoms with van der Waals surface area (Å²) in [5.74, 6) is 0.813. The molecule has 0 bridgehead atoms. The predicted molar refractivity (Wildman–Crippen MR) is 92.7 cm³/mol. The van der Waals surface area contributed by atoms with Gasteiger partial charge in [-0.25, -0.2) is 9.97 Å². The van der Waals surface area contributed by atoms with E-state index >= 15 is 0 Å². The Bertz CT molecular complexity index is 778. The average Bonchev–Trinajstić information content (AvgIpc) is 2.94. The van der Waals surface area contributed by atoms with Gasteiger partial charge >= 0.3 is 0 Å². The number of benzene rings is 1. The number of aromatic nitrogens is 3. The maximum atomic E-state index is 4.75. The molecule has 0 aliphatic rings. The molecule has 2 aromatic heterocycles. The van der Waals surface area contributed by atoms with Crippen LogP contribution in [0.5, 0.6) is 0 Å². The molecule has 0 amide bonds. The van der Waals surface area contributed by atoms with Gasteiger partial charge in [-0.05, 0) is 25.2 Å². The van der Waals surface area contributed by atoms with Crippen molar-refractivity contribution in [1.82, 2.24) is 14.4 Å². The van der Waals surface area contributed by atoms with E-state index in [1.54, 1.807) is 11.8 Å². The van der Waals surface area contributed by atoms with Crippen molar-refractivity contribution in [3.05, 3.63) is 59.0 Å². The van der Waals surface area contributed by atoms with Crippen molar-refractivity contribution in [3.63, 3.8) is 0 Å². The molecular weight excluding hydrogens is 290 g/mol. The third kappa shape index (κ3) is 2.88. The van der Waals surface area contributed by atoms with Crippen molar-refractivity contribution in [1.29, 1.82) is 0 Å². The number of aryl methyl sites for hydroxylation is 1. The monoisotopic (exact) mass is 311 g/mol. The maximum absolute atomic E-state index is 4.75. The Kier molecular flexibility index (Phi) is 4.48. The minimum atomic E-state index is 0.813. The Morgan fingerprint density at radius 1 is 1.14 bits per heavy atom. The fourth-order valence-corrected chi connectivity index (χ4v) is 3.47. The van der Waals surface area contributed by atoms with Crippen molar-refractivity contribution < 1.29 is 0 Å². The van der Waals surface area contributed by atoms with Gasteiger partial charge in [0.25, 0.3) is 0 Å². The van der Waals surface area contributed by atoms with Gasteiger partial charge in [0.2, 0.25) is 5.78 Å². The van der Waals surface area contributed by atoms with Gasteiger partial charge in [-0.3, -0.25) is 4.40 Å². The lowest BCUT2D eigenvalue weighted by Gasteiger charge is -2.10. The molecule has 0 aliphatic carbocycles. The maximum Gasteiger partial charge on any atom is 0.235 e. The van der Waals surface area contributed by atoms with Crippen molar-refractivity contribution in [2.45, 2.75) is 38.1 Å². The molecule has 0 radical (unpaired) electrons. The number of hydrogen-bond donors (Lipinski definition) is 0. The molecule has 0 unspecified atom stereocenters. The summed E-state index contributed by atoms with van der Waals surface area (Å²) in [4.78, 5) is 9.47. The molecule has 0 saturated carbocycles. The molecule has 0 atom stereocenters. The van der Waals surface area contributed by atoms with Gasteiger partial charge < -0.3 is 0 Å². The zero-order valence-corrected chi connectivity index (χ0v) is 14.2. The van der Waals surface area contributed by atoms with Gasteiger partial charge in [-0.2, -0.15) is 0 Å². The van der Waals surface area contributed by atoms with Gasteiger partial charge in [0, 0.05) is 23.9 Å². The molecule has 2 heterocycles. The molecule has 0 spiro atoms. The van der Waals surface area contributed by atoms with E-state index < -0.39 is 0 Å². The summed E-state index contributed by atoms with van der Waals surface area (Å²) in [6.07, 6.45) is 7.27. The van der Waals surface area contributed by atoms with E-state index in [2.05, 4.69) is 55.0 Å². The molecule has 3 rings (SSSR count). The molecule has 3 nitrogen and oxygen atoms in total. The average molecular weight is 311 g/mol. The van der Waals surface area contributed by atoms with Crippen LogP contribution in [-0.2, 0) is 12.8 Å². The fourth-order valence-electron chi connectivity index (χ4n) is 2.80. The second-order valence-electron chi connectivity index (χ2n) is 5.50. The van der Waals surface area contributed by atoms with Crippen molar-refractivity contribution in [2.24, 2.45) is 0 Å². The molecule has 0 fully saturated rings. The first-order valence-electron chi connectivity index (χ1n) is 7.68. The number of imidazole rings is 1. The van der Waals surface area contributed by atoms with E-state index in [9.17, 15) is 0 Å². The molecule has 0 saturated heterocycles. The third-order valence-corrected chi connectivity index (χ3v) is 4.64. The van der Waals surface area contributed by atoms with Gasteiger partial charge in [0.1, 0.15) is 5.03 Å². The van der Waals surface area contributed by atoms with Crippen LogP contribution >= 0.6 is 11.8 Å². The highest BCUT2D eigenvalue weighted by Crippen LogP contribution is 2.24. The summed E-state index contributed by atoms with van der Waals surface area (Å²) in [5.41, 5.74) is 4.97. The van der Waals surface area contributed by atoms with Crippen LogP contribution in [0.3, 0.4) is 0 Å². The zero-order valence-electron chi connectivity index (χ0n) is 13.3. The lowest BCUT2D eigenvalue weighted by Crippen LogP contribution is -2.03. The quantitative estimate of drug-likeness (QED) is 0.520. The van der Waals surface area contributed by atoms with E-state index in [1.807, 2.05) is 6.07 Å². The van der Waals surface area contributed by atoms with Crippen LogP contribution in [0.4, 0.5) is 0 Å².